The van der Waals surface area contributed by atoms with E-state index >= 15 is 0 Å². The van der Waals surface area contributed by atoms with E-state index in [1.54, 1.807) is 18.2 Å². The molecule has 6 heteroatoms. The standard InChI is InChI=1S/C19H16N2O3S/c1-13-7-9-15(10-8-13)20-17(22)12-21-18(23)16(25-19(21)24)11-14-5-3-2-4-6-14/h2-11H,12H2,1H3,(H,20,22)/b16-11+. The van der Waals surface area contributed by atoms with E-state index in [1.165, 1.54) is 0 Å². The summed E-state index contributed by atoms with van der Waals surface area (Å²) < 4.78 is 0. The molecule has 126 valence electrons. The maximum absolute atomic E-state index is 12.4. The maximum atomic E-state index is 12.4. The van der Waals surface area contributed by atoms with Crippen molar-refractivity contribution < 1.29 is 14.4 Å². The van der Waals surface area contributed by atoms with E-state index in [0.717, 1.165) is 27.8 Å². The van der Waals surface area contributed by atoms with E-state index in [2.05, 4.69) is 5.32 Å². The topological polar surface area (TPSA) is 66.5 Å². The fourth-order valence-corrected chi connectivity index (χ4v) is 3.16. The number of thioether (sulfide) groups is 1. The molecule has 3 rings (SSSR count). The smallest absolute Gasteiger partial charge is 0.294 e. The fourth-order valence-electron chi connectivity index (χ4n) is 2.32. The number of aryl methyl sites for hydroxylation is 1. The van der Waals surface area contributed by atoms with Crippen molar-refractivity contribution >= 4 is 40.6 Å². The summed E-state index contributed by atoms with van der Waals surface area (Å²) in [5, 5.41) is 2.25. The van der Waals surface area contributed by atoms with E-state index in [9.17, 15) is 14.4 Å². The van der Waals surface area contributed by atoms with Gasteiger partial charge in [-0.25, -0.2) is 0 Å². The van der Waals surface area contributed by atoms with Crippen molar-refractivity contribution in [2.75, 3.05) is 11.9 Å². The van der Waals surface area contributed by atoms with Gasteiger partial charge in [-0.2, -0.15) is 0 Å². The number of nitrogens with one attached hydrogen (secondary N) is 1. The summed E-state index contributed by atoms with van der Waals surface area (Å²) in [4.78, 5) is 37.9. The van der Waals surface area contributed by atoms with Gasteiger partial charge in [-0.3, -0.25) is 19.3 Å². The lowest BCUT2D eigenvalue weighted by Crippen LogP contribution is -2.36. The van der Waals surface area contributed by atoms with Gasteiger partial charge in [0.2, 0.25) is 5.91 Å². The lowest BCUT2D eigenvalue weighted by molar-refractivity contribution is -0.127. The molecule has 25 heavy (non-hydrogen) atoms. The Morgan fingerprint density at radius 1 is 1.08 bits per heavy atom. The van der Waals surface area contributed by atoms with Gasteiger partial charge in [0.15, 0.2) is 0 Å². The van der Waals surface area contributed by atoms with Crippen molar-refractivity contribution in [3.63, 3.8) is 0 Å². The lowest BCUT2D eigenvalue weighted by Gasteiger charge is -2.12. The first-order valence-corrected chi connectivity index (χ1v) is 8.51. The van der Waals surface area contributed by atoms with Crippen molar-refractivity contribution in [2.24, 2.45) is 0 Å². The Bertz CT molecular complexity index is 845. The van der Waals surface area contributed by atoms with Crippen LogP contribution in [0.1, 0.15) is 11.1 Å². The van der Waals surface area contributed by atoms with Crippen LogP contribution in [0.3, 0.4) is 0 Å². The van der Waals surface area contributed by atoms with E-state index in [1.807, 2.05) is 49.4 Å². The number of carbonyl (C=O) groups excluding carboxylic acids is 3. The zero-order valence-electron chi connectivity index (χ0n) is 13.6. The molecule has 0 radical (unpaired) electrons. The van der Waals surface area contributed by atoms with Crippen LogP contribution in [0, 0.1) is 6.92 Å². The Kier molecular flexibility index (Phi) is 5.00. The van der Waals surface area contributed by atoms with Gasteiger partial charge >= 0.3 is 0 Å². The number of benzene rings is 2. The molecule has 0 saturated carbocycles. The van der Waals surface area contributed by atoms with Crippen molar-refractivity contribution in [1.82, 2.24) is 4.90 Å². The highest BCUT2D eigenvalue weighted by Gasteiger charge is 2.36. The minimum absolute atomic E-state index is 0.301. The summed E-state index contributed by atoms with van der Waals surface area (Å²) in [5.74, 6) is -0.856. The van der Waals surface area contributed by atoms with E-state index in [0.29, 0.717) is 10.6 Å². The SMILES string of the molecule is Cc1ccc(NC(=O)CN2C(=O)S/C(=C/c3ccccc3)C2=O)cc1. The molecule has 0 aromatic heterocycles. The number of rotatable bonds is 4. The summed E-state index contributed by atoms with van der Waals surface area (Å²) >= 11 is 0.845. The van der Waals surface area contributed by atoms with Crippen LogP contribution in [0.15, 0.2) is 59.5 Å². The number of hydrogen-bond acceptors (Lipinski definition) is 4. The highest BCUT2D eigenvalue weighted by Crippen LogP contribution is 2.32. The zero-order valence-corrected chi connectivity index (χ0v) is 14.4. The van der Waals surface area contributed by atoms with E-state index in [4.69, 9.17) is 0 Å². The molecule has 0 bridgehead atoms. The predicted octanol–water partition coefficient (Wildman–Crippen LogP) is 3.67. The second-order valence-corrected chi connectivity index (χ2v) is 6.59. The van der Waals surface area contributed by atoms with Crippen LogP contribution in [0.5, 0.6) is 0 Å². The molecule has 1 aliphatic heterocycles. The molecular weight excluding hydrogens is 336 g/mol. The van der Waals surface area contributed by atoms with Crippen molar-refractivity contribution in [1.29, 1.82) is 0 Å². The number of nitrogens with zero attached hydrogens (tertiary/aromatic N) is 1. The molecule has 1 saturated heterocycles. The first-order valence-electron chi connectivity index (χ1n) is 7.70. The highest BCUT2D eigenvalue weighted by atomic mass is 32.2. The molecule has 1 aliphatic rings. The van der Waals surface area contributed by atoms with Gasteiger partial charge in [0.25, 0.3) is 11.1 Å². The Morgan fingerprint density at radius 3 is 2.44 bits per heavy atom. The Balaban J connectivity index is 1.67. The summed E-state index contributed by atoms with van der Waals surface area (Å²) in [6, 6.07) is 16.6. The maximum Gasteiger partial charge on any atom is 0.294 e. The van der Waals surface area contributed by atoms with Gasteiger partial charge in [0, 0.05) is 5.69 Å². The van der Waals surface area contributed by atoms with Gasteiger partial charge in [-0.15, -0.1) is 0 Å². The molecule has 1 fully saturated rings. The number of amides is 3. The molecule has 2 aromatic rings. The fraction of sp³-hybridized carbons (Fsp3) is 0.105. The van der Waals surface area contributed by atoms with Crippen LogP contribution in [0.25, 0.3) is 6.08 Å². The highest BCUT2D eigenvalue weighted by molar-refractivity contribution is 8.18. The van der Waals surface area contributed by atoms with Crippen LogP contribution in [0.4, 0.5) is 10.5 Å². The molecule has 5 nitrogen and oxygen atoms in total. The van der Waals surface area contributed by atoms with E-state index < -0.39 is 17.1 Å². The van der Waals surface area contributed by atoms with Gasteiger partial charge < -0.3 is 5.32 Å². The van der Waals surface area contributed by atoms with Crippen molar-refractivity contribution in [2.45, 2.75) is 6.92 Å². The van der Waals surface area contributed by atoms with E-state index in [-0.39, 0.29) is 6.54 Å². The third kappa shape index (κ3) is 4.16. The van der Waals surface area contributed by atoms with Crippen LogP contribution < -0.4 is 5.32 Å². The van der Waals surface area contributed by atoms with Gasteiger partial charge in [0.1, 0.15) is 6.54 Å². The van der Waals surface area contributed by atoms with Gasteiger partial charge in [-0.1, -0.05) is 48.0 Å². The van der Waals surface area contributed by atoms with Crippen molar-refractivity contribution in [3.05, 3.63) is 70.6 Å². The molecule has 3 amide bonds. The van der Waals surface area contributed by atoms with Crippen LogP contribution >= 0.6 is 11.8 Å². The van der Waals surface area contributed by atoms with Crippen LogP contribution in [-0.2, 0) is 9.59 Å². The normalized spacial score (nSPS) is 15.7. The quantitative estimate of drug-likeness (QED) is 0.853. The second-order valence-electron chi connectivity index (χ2n) is 5.59. The predicted molar refractivity (Wildman–Crippen MR) is 98.9 cm³/mol. The molecule has 1 heterocycles. The Hall–Kier alpha value is -2.86. The van der Waals surface area contributed by atoms with Crippen LogP contribution in [0.2, 0.25) is 0 Å². The largest absolute Gasteiger partial charge is 0.325 e. The number of carbonyl (C=O) groups is 3. The minimum Gasteiger partial charge on any atom is -0.325 e. The van der Waals surface area contributed by atoms with Crippen molar-refractivity contribution in [3.8, 4) is 0 Å². The number of anilines is 1. The summed E-state index contributed by atoms with van der Waals surface area (Å²) in [5.41, 5.74) is 2.54. The van der Waals surface area contributed by atoms with Gasteiger partial charge in [0.05, 0.1) is 4.91 Å². The first-order chi connectivity index (χ1) is 12.0. The average Bonchev–Trinajstić information content (AvgIpc) is 2.85. The third-order valence-electron chi connectivity index (χ3n) is 3.61. The molecule has 0 atom stereocenters. The molecule has 2 aromatic carbocycles. The minimum atomic E-state index is -0.446. The molecule has 0 unspecified atom stereocenters. The Labute approximate surface area is 149 Å². The monoisotopic (exact) mass is 352 g/mol. The zero-order chi connectivity index (χ0) is 17.8. The first kappa shape index (κ1) is 17.0. The second kappa shape index (κ2) is 7.36. The molecular formula is C19H16N2O3S. The summed E-state index contributed by atoms with van der Waals surface area (Å²) in [6.07, 6.45) is 1.66. The number of hydrogen-bond donors (Lipinski definition) is 1. The summed E-state index contributed by atoms with van der Waals surface area (Å²) in [7, 11) is 0. The van der Waals surface area contributed by atoms with Gasteiger partial charge in [-0.05, 0) is 42.5 Å². The average molecular weight is 352 g/mol. The Morgan fingerprint density at radius 2 is 1.76 bits per heavy atom. The molecule has 0 spiro atoms. The molecule has 0 aliphatic carbocycles. The third-order valence-corrected chi connectivity index (χ3v) is 4.52. The lowest BCUT2D eigenvalue weighted by atomic mass is 10.2. The van der Waals surface area contributed by atoms with Crippen LogP contribution in [-0.4, -0.2) is 28.5 Å². The molecule has 1 N–H and O–H groups in total. The number of imide groups is 1. The summed E-state index contributed by atoms with van der Waals surface area (Å²) in [6.45, 7) is 1.65.